The van der Waals surface area contributed by atoms with Crippen molar-refractivity contribution in [3.8, 4) is 5.75 Å². The summed E-state index contributed by atoms with van der Waals surface area (Å²) in [6, 6.07) is 3.77. The maximum absolute atomic E-state index is 11.8. The van der Waals surface area contributed by atoms with Crippen molar-refractivity contribution in [3.63, 3.8) is 0 Å². The predicted molar refractivity (Wildman–Crippen MR) is 66.1 cm³/mol. The van der Waals surface area contributed by atoms with Crippen LogP contribution in [0.2, 0.25) is 0 Å². The summed E-state index contributed by atoms with van der Waals surface area (Å²) in [6.07, 6.45) is 0. The van der Waals surface area contributed by atoms with Gasteiger partial charge in [0.05, 0.1) is 11.6 Å². The summed E-state index contributed by atoms with van der Waals surface area (Å²) in [5.74, 6) is 0.749. The Balaban J connectivity index is 2.66. The summed E-state index contributed by atoms with van der Waals surface area (Å²) in [4.78, 5) is 11.8. The minimum atomic E-state index is -0.0583. The van der Waals surface area contributed by atoms with E-state index in [0.717, 1.165) is 21.3 Å². The number of ether oxygens (including phenoxy) is 1. The number of carbonyl (C=O) groups excluding carboxylic acids is 1. The lowest BCUT2D eigenvalue weighted by Crippen LogP contribution is -2.43. The molecule has 1 aliphatic rings. The number of fused-ring (bicyclic) bond motifs is 1. The van der Waals surface area contributed by atoms with Crippen LogP contribution in [0, 0.1) is 0 Å². The van der Waals surface area contributed by atoms with Gasteiger partial charge in [-0.3, -0.25) is 4.79 Å². The van der Waals surface area contributed by atoms with Gasteiger partial charge in [0.15, 0.2) is 0 Å². The summed E-state index contributed by atoms with van der Waals surface area (Å²) >= 11 is 3.40. The van der Waals surface area contributed by atoms with Crippen molar-refractivity contribution in [1.82, 2.24) is 5.32 Å². The fraction of sp³-hybridized carbons (Fsp3) is 0.417. The molecule has 0 aliphatic carbocycles. The Morgan fingerprint density at radius 2 is 2.12 bits per heavy atom. The van der Waals surface area contributed by atoms with Gasteiger partial charge in [0.2, 0.25) is 0 Å². The van der Waals surface area contributed by atoms with Crippen LogP contribution in [-0.4, -0.2) is 19.6 Å². The molecule has 0 aromatic heterocycles. The molecule has 1 heterocycles. The Morgan fingerprint density at radius 1 is 1.44 bits per heavy atom. The van der Waals surface area contributed by atoms with Crippen LogP contribution in [0.15, 0.2) is 16.6 Å². The average Bonchev–Trinajstić information content (AvgIpc) is 2.23. The second-order valence-electron chi connectivity index (χ2n) is 4.60. The zero-order chi connectivity index (χ0) is 11.9. The lowest BCUT2D eigenvalue weighted by atomic mass is 9.79. The third kappa shape index (κ3) is 1.71. The van der Waals surface area contributed by atoms with Gasteiger partial charge < -0.3 is 10.1 Å². The molecule has 0 saturated carbocycles. The van der Waals surface area contributed by atoms with E-state index < -0.39 is 0 Å². The number of halogens is 1. The number of benzene rings is 1. The molecule has 1 aromatic carbocycles. The van der Waals surface area contributed by atoms with E-state index in [1.54, 1.807) is 7.11 Å². The van der Waals surface area contributed by atoms with Crippen LogP contribution in [0.25, 0.3) is 0 Å². The highest BCUT2D eigenvalue weighted by atomic mass is 79.9. The van der Waals surface area contributed by atoms with E-state index in [9.17, 15) is 4.79 Å². The molecule has 0 atom stereocenters. The molecule has 16 heavy (non-hydrogen) atoms. The number of methoxy groups -OCH3 is 1. The van der Waals surface area contributed by atoms with Gasteiger partial charge in [0.1, 0.15) is 5.75 Å². The van der Waals surface area contributed by atoms with E-state index in [0.29, 0.717) is 6.54 Å². The van der Waals surface area contributed by atoms with E-state index >= 15 is 0 Å². The first-order chi connectivity index (χ1) is 7.45. The van der Waals surface area contributed by atoms with Crippen molar-refractivity contribution in [2.45, 2.75) is 19.3 Å². The zero-order valence-electron chi connectivity index (χ0n) is 9.56. The number of amides is 1. The number of nitrogens with one attached hydrogen (secondary N) is 1. The zero-order valence-corrected chi connectivity index (χ0v) is 11.1. The van der Waals surface area contributed by atoms with Gasteiger partial charge in [-0.05, 0) is 33.6 Å². The van der Waals surface area contributed by atoms with Crippen LogP contribution in [0.1, 0.15) is 29.8 Å². The molecule has 0 radical (unpaired) electrons. The number of carbonyl (C=O) groups is 1. The molecular weight excluding hydrogens is 270 g/mol. The van der Waals surface area contributed by atoms with Crippen LogP contribution in [0.3, 0.4) is 0 Å². The van der Waals surface area contributed by atoms with Crippen LogP contribution in [0.5, 0.6) is 5.75 Å². The molecular formula is C12H14BrNO2. The van der Waals surface area contributed by atoms with Gasteiger partial charge in [-0.25, -0.2) is 0 Å². The highest BCUT2D eigenvalue weighted by Crippen LogP contribution is 2.36. The molecule has 86 valence electrons. The molecule has 2 rings (SSSR count). The van der Waals surface area contributed by atoms with E-state index in [1.165, 1.54) is 0 Å². The number of rotatable bonds is 1. The van der Waals surface area contributed by atoms with Crippen LogP contribution in [-0.2, 0) is 5.41 Å². The van der Waals surface area contributed by atoms with Crippen LogP contribution < -0.4 is 10.1 Å². The van der Waals surface area contributed by atoms with Gasteiger partial charge in [-0.2, -0.15) is 0 Å². The normalized spacial score (nSPS) is 17.6. The molecule has 1 N–H and O–H groups in total. The van der Waals surface area contributed by atoms with E-state index in [2.05, 4.69) is 35.1 Å². The molecule has 4 heteroatoms. The number of hydrogen-bond donors (Lipinski definition) is 1. The second-order valence-corrected chi connectivity index (χ2v) is 5.45. The molecule has 1 aromatic rings. The Bertz CT molecular complexity index is 455. The van der Waals surface area contributed by atoms with Gasteiger partial charge in [0.25, 0.3) is 5.91 Å². The second kappa shape index (κ2) is 3.77. The largest absolute Gasteiger partial charge is 0.496 e. The number of hydrogen-bond acceptors (Lipinski definition) is 2. The topological polar surface area (TPSA) is 38.3 Å². The van der Waals surface area contributed by atoms with Crippen molar-refractivity contribution >= 4 is 21.8 Å². The monoisotopic (exact) mass is 283 g/mol. The molecule has 0 bridgehead atoms. The highest BCUT2D eigenvalue weighted by Gasteiger charge is 2.32. The lowest BCUT2D eigenvalue weighted by Gasteiger charge is -2.32. The van der Waals surface area contributed by atoms with Gasteiger partial charge >= 0.3 is 0 Å². The maximum atomic E-state index is 11.8. The quantitative estimate of drug-likeness (QED) is 0.860. The summed E-state index contributed by atoms with van der Waals surface area (Å²) in [7, 11) is 1.63. The van der Waals surface area contributed by atoms with Crippen molar-refractivity contribution in [1.29, 1.82) is 0 Å². The van der Waals surface area contributed by atoms with E-state index in [4.69, 9.17) is 4.74 Å². The fourth-order valence-electron chi connectivity index (χ4n) is 1.95. The molecule has 0 fully saturated rings. The van der Waals surface area contributed by atoms with Crippen LogP contribution in [0.4, 0.5) is 0 Å². The average molecular weight is 284 g/mol. The van der Waals surface area contributed by atoms with Crippen molar-refractivity contribution < 1.29 is 9.53 Å². The lowest BCUT2D eigenvalue weighted by molar-refractivity contribution is 0.0929. The molecule has 0 saturated heterocycles. The third-order valence-electron chi connectivity index (χ3n) is 2.96. The highest BCUT2D eigenvalue weighted by molar-refractivity contribution is 9.10. The Hall–Kier alpha value is -1.03. The standard InChI is InChI=1S/C12H14BrNO2/c1-12(2)6-14-11(15)7-4-9(13)10(16-3)5-8(7)12/h4-5H,6H2,1-3H3,(H,14,15). The fourth-order valence-corrected chi connectivity index (χ4v) is 2.45. The van der Waals surface area contributed by atoms with E-state index in [1.807, 2.05) is 12.1 Å². The summed E-state index contributed by atoms with van der Waals surface area (Å²) < 4.78 is 6.07. The van der Waals surface area contributed by atoms with Crippen molar-refractivity contribution in [2.24, 2.45) is 0 Å². The summed E-state index contributed by atoms with van der Waals surface area (Å²) in [5, 5.41) is 2.89. The van der Waals surface area contributed by atoms with E-state index in [-0.39, 0.29) is 11.3 Å². The summed E-state index contributed by atoms with van der Waals surface area (Å²) in [6.45, 7) is 4.88. The van der Waals surface area contributed by atoms with Gasteiger partial charge in [-0.15, -0.1) is 0 Å². The molecule has 1 aliphatic heterocycles. The predicted octanol–water partition coefficient (Wildman–Crippen LogP) is 2.48. The SMILES string of the molecule is COc1cc2c(cc1Br)C(=O)NCC2(C)C. The van der Waals surface area contributed by atoms with Gasteiger partial charge in [0, 0.05) is 17.5 Å². The molecule has 0 unspecified atom stereocenters. The molecule has 3 nitrogen and oxygen atoms in total. The first kappa shape index (κ1) is 11.5. The third-order valence-corrected chi connectivity index (χ3v) is 3.58. The smallest absolute Gasteiger partial charge is 0.251 e. The Morgan fingerprint density at radius 3 is 2.75 bits per heavy atom. The molecule has 1 amide bonds. The minimum absolute atomic E-state index is 0.0160. The van der Waals surface area contributed by atoms with Crippen molar-refractivity contribution in [3.05, 3.63) is 27.7 Å². The summed E-state index contributed by atoms with van der Waals surface area (Å²) in [5.41, 5.74) is 1.71. The minimum Gasteiger partial charge on any atom is -0.496 e. The maximum Gasteiger partial charge on any atom is 0.251 e. The first-order valence-electron chi connectivity index (χ1n) is 5.12. The van der Waals surface area contributed by atoms with Crippen LogP contribution >= 0.6 is 15.9 Å². The van der Waals surface area contributed by atoms with Crippen molar-refractivity contribution in [2.75, 3.05) is 13.7 Å². The van der Waals surface area contributed by atoms with Gasteiger partial charge in [-0.1, -0.05) is 13.8 Å². The first-order valence-corrected chi connectivity index (χ1v) is 5.91. The Labute approximate surface area is 103 Å². The Kier molecular flexibility index (Phi) is 2.70. The molecule has 0 spiro atoms.